The minimum Gasteiger partial charge on any atom is -0.303 e. The van der Waals surface area contributed by atoms with E-state index >= 15 is 0 Å². The second-order valence-corrected chi connectivity index (χ2v) is 11.2. The van der Waals surface area contributed by atoms with E-state index in [9.17, 15) is 4.79 Å². The summed E-state index contributed by atoms with van der Waals surface area (Å²) in [6.45, 7) is 6.25. The summed E-state index contributed by atoms with van der Waals surface area (Å²) in [6.07, 6.45) is 0. The van der Waals surface area contributed by atoms with E-state index in [0.717, 1.165) is 26.7 Å². The Kier molecular flexibility index (Phi) is 5.25. The Morgan fingerprint density at radius 1 is 1.03 bits per heavy atom. The Balaban J connectivity index is 1.70. The third-order valence-corrected chi connectivity index (χ3v) is 9.42. The number of hydrogen-bond donors (Lipinski definition) is 0. The quantitative estimate of drug-likeness (QED) is 0.346. The molecule has 0 aliphatic carbocycles. The van der Waals surface area contributed by atoms with Gasteiger partial charge in [0.25, 0.3) is 5.56 Å². The van der Waals surface area contributed by atoms with Crippen LogP contribution in [0.25, 0.3) is 10.2 Å². The smallest absolute Gasteiger partial charge is 0.282 e. The molecule has 0 spiro atoms. The molecule has 0 saturated carbocycles. The van der Waals surface area contributed by atoms with Crippen LogP contribution in [0.1, 0.15) is 27.6 Å². The first-order valence-corrected chi connectivity index (χ1v) is 12.6. The number of rotatable bonds is 3. The monoisotopic (exact) mass is 450 g/mol. The lowest BCUT2D eigenvalue weighted by Gasteiger charge is -2.35. The van der Waals surface area contributed by atoms with Crippen molar-refractivity contribution in [3.8, 4) is 0 Å². The van der Waals surface area contributed by atoms with Crippen LogP contribution in [0, 0.1) is 20.8 Å². The Bertz CT molecular complexity index is 1280. The summed E-state index contributed by atoms with van der Waals surface area (Å²) in [6, 6.07) is 19.5. The van der Waals surface area contributed by atoms with Crippen molar-refractivity contribution >= 4 is 45.1 Å². The van der Waals surface area contributed by atoms with Crippen molar-refractivity contribution in [1.82, 2.24) is 9.55 Å². The lowest BCUT2D eigenvalue weighted by Crippen LogP contribution is -2.32. The summed E-state index contributed by atoms with van der Waals surface area (Å²) in [5.41, 5.74) is 3.50. The zero-order valence-electron chi connectivity index (χ0n) is 17.1. The maximum Gasteiger partial charge on any atom is 0.282 e. The molecule has 5 rings (SSSR count). The molecule has 6 heteroatoms. The van der Waals surface area contributed by atoms with Crippen LogP contribution in [0.15, 0.2) is 69.4 Å². The largest absolute Gasteiger partial charge is 0.303 e. The number of nitrogens with zero attached hydrogens (tertiary/aromatic N) is 2. The second kappa shape index (κ2) is 7.91. The van der Waals surface area contributed by atoms with E-state index in [1.54, 1.807) is 23.1 Å². The first kappa shape index (κ1) is 19.9. The lowest BCUT2D eigenvalue weighted by atomic mass is 10.0. The lowest BCUT2D eigenvalue weighted by molar-refractivity contribution is 0.526. The van der Waals surface area contributed by atoms with Gasteiger partial charge >= 0.3 is 0 Å². The van der Waals surface area contributed by atoms with E-state index < -0.39 is 0 Å². The fourth-order valence-electron chi connectivity index (χ4n) is 3.98. The Hall–Kier alpha value is -2.02. The number of hydrogen-bond acceptors (Lipinski definition) is 5. The van der Waals surface area contributed by atoms with Crippen LogP contribution in [-0.4, -0.2) is 20.6 Å². The van der Waals surface area contributed by atoms with Crippen molar-refractivity contribution in [2.45, 2.75) is 42.1 Å². The van der Waals surface area contributed by atoms with Crippen LogP contribution >= 0.6 is 34.9 Å². The van der Waals surface area contributed by atoms with E-state index in [-0.39, 0.29) is 11.6 Å². The summed E-state index contributed by atoms with van der Waals surface area (Å²) in [5, 5.41) is 1.95. The molecule has 30 heavy (non-hydrogen) atoms. The molecule has 1 aliphatic heterocycles. The maximum atomic E-state index is 12.8. The van der Waals surface area contributed by atoms with Gasteiger partial charge in [0.15, 0.2) is 5.16 Å². The van der Waals surface area contributed by atoms with Gasteiger partial charge in [0, 0.05) is 20.8 Å². The average molecular weight is 451 g/mol. The van der Waals surface area contributed by atoms with Crippen LogP contribution < -0.4 is 5.56 Å². The molecule has 1 aliphatic rings. The van der Waals surface area contributed by atoms with Gasteiger partial charge in [0.2, 0.25) is 0 Å². The molecular weight excluding hydrogens is 428 g/mol. The Morgan fingerprint density at radius 2 is 1.77 bits per heavy atom. The third-order valence-electron chi connectivity index (χ3n) is 5.66. The average Bonchev–Trinajstić information content (AvgIpc) is 3.05. The fraction of sp³-hybridized carbons (Fsp3) is 0.250. The molecule has 0 N–H and O–H groups in total. The maximum absolute atomic E-state index is 12.8. The number of aromatic nitrogens is 2. The van der Waals surface area contributed by atoms with Crippen molar-refractivity contribution in [1.29, 1.82) is 0 Å². The van der Waals surface area contributed by atoms with Crippen LogP contribution in [-0.2, 0) is 0 Å². The first-order valence-electron chi connectivity index (χ1n) is 9.96. The molecule has 2 atom stereocenters. The van der Waals surface area contributed by atoms with Crippen LogP contribution in [0.4, 0.5) is 0 Å². The summed E-state index contributed by atoms with van der Waals surface area (Å²) < 4.78 is 2.33. The molecule has 0 saturated heterocycles. The zero-order valence-corrected chi connectivity index (χ0v) is 19.5. The van der Waals surface area contributed by atoms with Crippen molar-refractivity contribution in [2.75, 3.05) is 5.75 Å². The number of thioether (sulfide) groups is 2. The van der Waals surface area contributed by atoms with Gasteiger partial charge in [0.1, 0.15) is 4.83 Å². The van der Waals surface area contributed by atoms with Crippen molar-refractivity contribution in [3.05, 3.63) is 86.5 Å². The standard InChI is InChI=1S/C24H22N2OS3/c1-14-9-11-18(12-10-14)30-19-13-28-24-25-22(27)20-15(2)16(3)29-23(20)26(24)21(19)17-7-5-4-6-8-17/h4-12,19,21H,13H2,1-3H3. The Morgan fingerprint density at radius 3 is 2.50 bits per heavy atom. The van der Waals surface area contributed by atoms with Crippen LogP contribution in [0.5, 0.6) is 0 Å². The molecule has 0 bridgehead atoms. The number of thiophene rings is 1. The molecule has 0 fully saturated rings. The molecule has 3 heterocycles. The van der Waals surface area contributed by atoms with E-state index in [2.05, 4.69) is 78.0 Å². The molecule has 2 aromatic carbocycles. The number of benzene rings is 2. The second-order valence-electron chi connectivity index (χ2n) is 7.67. The minimum atomic E-state index is -0.0953. The van der Waals surface area contributed by atoms with Gasteiger partial charge in [-0.1, -0.05) is 59.8 Å². The number of aryl methyl sites for hydroxylation is 3. The molecule has 152 valence electrons. The molecule has 0 radical (unpaired) electrons. The molecule has 0 amide bonds. The van der Waals surface area contributed by atoms with E-state index in [0.29, 0.717) is 5.25 Å². The van der Waals surface area contributed by atoms with Gasteiger partial charge in [-0.3, -0.25) is 4.79 Å². The third kappa shape index (κ3) is 3.41. The molecule has 4 aromatic rings. The van der Waals surface area contributed by atoms with Gasteiger partial charge in [0.05, 0.1) is 11.4 Å². The van der Waals surface area contributed by atoms with Gasteiger partial charge in [-0.2, -0.15) is 4.98 Å². The minimum absolute atomic E-state index is 0.0953. The summed E-state index contributed by atoms with van der Waals surface area (Å²) in [7, 11) is 0. The molecule has 3 nitrogen and oxygen atoms in total. The van der Waals surface area contributed by atoms with E-state index in [1.165, 1.54) is 20.9 Å². The van der Waals surface area contributed by atoms with Crippen molar-refractivity contribution in [2.24, 2.45) is 0 Å². The van der Waals surface area contributed by atoms with Gasteiger partial charge < -0.3 is 4.57 Å². The first-order chi connectivity index (χ1) is 14.5. The van der Waals surface area contributed by atoms with Gasteiger partial charge in [-0.15, -0.1) is 23.1 Å². The highest BCUT2D eigenvalue weighted by Gasteiger charge is 2.34. The molecule has 2 aromatic heterocycles. The summed E-state index contributed by atoms with van der Waals surface area (Å²) in [4.78, 5) is 20.8. The van der Waals surface area contributed by atoms with E-state index in [1.807, 2.05) is 18.7 Å². The van der Waals surface area contributed by atoms with Crippen LogP contribution in [0.2, 0.25) is 0 Å². The highest BCUT2D eigenvalue weighted by molar-refractivity contribution is 8.03. The van der Waals surface area contributed by atoms with Crippen molar-refractivity contribution in [3.63, 3.8) is 0 Å². The topological polar surface area (TPSA) is 34.9 Å². The SMILES string of the molecule is Cc1ccc(SC2CSc3nc(=O)c4c(C)c(C)sc4n3C2c2ccccc2)cc1. The van der Waals surface area contributed by atoms with E-state index in [4.69, 9.17) is 0 Å². The zero-order chi connectivity index (χ0) is 20.8. The van der Waals surface area contributed by atoms with Crippen molar-refractivity contribution < 1.29 is 0 Å². The highest BCUT2D eigenvalue weighted by atomic mass is 32.2. The normalized spacial score (nSPS) is 18.5. The van der Waals surface area contributed by atoms with Gasteiger partial charge in [-0.25, -0.2) is 0 Å². The predicted octanol–water partition coefficient (Wildman–Crippen LogP) is 6.24. The number of fused-ring (bicyclic) bond motifs is 3. The fourth-order valence-corrected chi connectivity index (χ4v) is 7.74. The predicted molar refractivity (Wildman–Crippen MR) is 129 cm³/mol. The highest BCUT2D eigenvalue weighted by Crippen LogP contribution is 2.45. The van der Waals surface area contributed by atoms with Crippen LogP contribution in [0.3, 0.4) is 0 Å². The Labute approximate surface area is 188 Å². The molecule has 2 unspecified atom stereocenters. The molecular formula is C24H22N2OS3. The summed E-state index contributed by atoms with van der Waals surface area (Å²) >= 11 is 5.34. The van der Waals surface area contributed by atoms with Gasteiger partial charge in [-0.05, 0) is 44.0 Å². The summed E-state index contributed by atoms with van der Waals surface area (Å²) in [5.74, 6) is 0.916.